The Morgan fingerprint density at radius 3 is 2.62 bits per heavy atom. The van der Waals surface area contributed by atoms with Crippen molar-refractivity contribution in [3.63, 3.8) is 0 Å². The lowest BCUT2D eigenvalue weighted by molar-refractivity contribution is 0.601. The van der Waals surface area contributed by atoms with Gasteiger partial charge in [-0.1, -0.05) is 23.7 Å². The molecule has 0 spiro atoms. The zero-order valence-electron chi connectivity index (χ0n) is 11.1. The predicted octanol–water partition coefficient (Wildman–Crippen LogP) is 2.90. The first kappa shape index (κ1) is 15.2. The van der Waals surface area contributed by atoms with E-state index in [2.05, 4.69) is 4.72 Å². The molecule has 0 saturated carbocycles. The first-order valence-electron chi connectivity index (χ1n) is 5.92. The summed E-state index contributed by atoms with van der Waals surface area (Å²) in [6, 6.07) is 11.1. The molecule has 21 heavy (non-hydrogen) atoms. The van der Waals surface area contributed by atoms with Gasteiger partial charge in [0.2, 0.25) is 0 Å². The van der Waals surface area contributed by atoms with Gasteiger partial charge in [0.1, 0.15) is 11.0 Å². The van der Waals surface area contributed by atoms with Gasteiger partial charge in [-0.05, 0) is 36.8 Å². The molecule has 0 fully saturated rings. The van der Waals surface area contributed by atoms with Crippen LogP contribution in [0.3, 0.4) is 0 Å². The van der Waals surface area contributed by atoms with E-state index < -0.39 is 10.0 Å². The van der Waals surface area contributed by atoms with E-state index >= 15 is 0 Å². The third-order valence-electron chi connectivity index (χ3n) is 2.86. The third kappa shape index (κ3) is 3.10. The van der Waals surface area contributed by atoms with E-state index in [1.807, 2.05) is 6.07 Å². The standard InChI is InChI=1S/C14H12ClN3O2S/c1-9-3-2-4-12(17)14(9)21(19,20)18-13-7-11(15)6-5-10(13)8-16/h2-7,18H,17H2,1H3. The van der Waals surface area contributed by atoms with Crippen LogP contribution in [0.2, 0.25) is 5.02 Å². The number of nitrogens with two attached hydrogens (primary N) is 1. The maximum atomic E-state index is 12.5. The fraction of sp³-hybridized carbons (Fsp3) is 0.0714. The summed E-state index contributed by atoms with van der Waals surface area (Å²) in [6.07, 6.45) is 0. The summed E-state index contributed by atoms with van der Waals surface area (Å²) in [5.74, 6) is 0. The van der Waals surface area contributed by atoms with Crippen molar-refractivity contribution in [1.29, 1.82) is 5.26 Å². The number of sulfonamides is 1. The van der Waals surface area contributed by atoms with Gasteiger partial charge in [-0.25, -0.2) is 8.42 Å². The molecule has 0 aliphatic heterocycles. The minimum atomic E-state index is -3.91. The quantitative estimate of drug-likeness (QED) is 0.849. The maximum Gasteiger partial charge on any atom is 0.264 e. The van der Waals surface area contributed by atoms with Crippen molar-refractivity contribution < 1.29 is 8.42 Å². The van der Waals surface area contributed by atoms with Crippen LogP contribution in [0.5, 0.6) is 0 Å². The van der Waals surface area contributed by atoms with E-state index in [4.69, 9.17) is 22.6 Å². The van der Waals surface area contributed by atoms with Gasteiger partial charge >= 0.3 is 0 Å². The van der Waals surface area contributed by atoms with Crippen molar-refractivity contribution in [2.75, 3.05) is 10.5 Å². The number of hydrogen-bond donors (Lipinski definition) is 2. The predicted molar refractivity (Wildman–Crippen MR) is 82.6 cm³/mol. The van der Waals surface area contributed by atoms with Crippen LogP contribution < -0.4 is 10.5 Å². The summed E-state index contributed by atoms with van der Waals surface area (Å²) in [6.45, 7) is 1.65. The highest BCUT2D eigenvalue weighted by atomic mass is 35.5. The number of nitrogen functional groups attached to an aromatic ring is 1. The number of halogens is 1. The molecule has 2 rings (SSSR count). The smallest absolute Gasteiger partial charge is 0.264 e. The lowest BCUT2D eigenvalue weighted by atomic mass is 10.2. The zero-order chi connectivity index (χ0) is 15.6. The van der Waals surface area contributed by atoms with Crippen molar-refractivity contribution in [2.24, 2.45) is 0 Å². The Morgan fingerprint density at radius 1 is 1.29 bits per heavy atom. The highest BCUT2D eigenvalue weighted by Gasteiger charge is 2.21. The van der Waals surface area contributed by atoms with E-state index in [9.17, 15) is 8.42 Å². The van der Waals surface area contributed by atoms with Crippen molar-refractivity contribution in [3.05, 3.63) is 52.5 Å². The number of hydrogen-bond acceptors (Lipinski definition) is 4. The second-order valence-corrected chi connectivity index (χ2v) is 6.46. The van der Waals surface area contributed by atoms with Crippen LogP contribution in [-0.4, -0.2) is 8.42 Å². The monoisotopic (exact) mass is 321 g/mol. The van der Waals surface area contributed by atoms with Crippen LogP contribution in [-0.2, 0) is 10.0 Å². The molecule has 2 aromatic carbocycles. The van der Waals surface area contributed by atoms with Crippen molar-refractivity contribution in [3.8, 4) is 6.07 Å². The Kier molecular flexibility index (Phi) is 4.07. The summed E-state index contributed by atoms with van der Waals surface area (Å²) in [7, 11) is -3.91. The molecule has 0 unspecified atom stereocenters. The average Bonchev–Trinajstić information content (AvgIpc) is 2.37. The summed E-state index contributed by atoms with van der Waals surface area (Å²) in [5.41, 5.74) is 6.70. The second kappa shape index (κ2) is 5.64. The van der Waals surface area contributed by atoms with Gasteiger partial charge in [0, 0.05) is 5.02 Å². The van der Waals surface area contributed by atoms with Gasteiger partial charge in [0.05, 0.1) is 16.9 Å². The molecule has 0 radical (unpaired) electrons. The third-order valence-corrected chi connectivity index (χ3v) is 4.68. The van der Waals surface area contributed by atoms with Crippen LogP contribution in [0, 0.1) is 18.3 Å². The highest BCUT2D eigenvalue weighted by Crippen LogP contribution is 2.27. The van der Waals surface area contributed by atoms with Crippen molar-refractivity contribution in [1.82, 2.24) is 0 Å². The Balaban J connectivity index is 2.53. The Labute approximate surface area is 128 Å². The minimum absolute atomic E-state index is 0.00568. The Hall–Kier alpha value is -2.23. The van der Waals surface area contributed by atoms with Crippen LogP contribution in [0.25, 0.3) is 0 Å². The molecule has 7 heteroatoms. The van der Waals surface area contributed by atoms with Gasteiger partial charge in [-0.2, -0.15) is 5.26 Å². The van der Waals surface area contributed by atoms with Crippen LogP contribution in [0.4, 0.5) is 11.4 Å². The number of aryl methyl sites for hydroxylation is 1. The summed E-state index contributed by atoms with van der Waals surface area (Å²) >= 11 is 5.84. The summed E-state index contributed by atoms with van der Waals surface area (Å²) in [4.78, 5) is -0.00568. The van der Waals surface area contributed by atoms with E-state index in [-0.39, 0.29) is 21.8 Å². The number of rotatable bonds is 3. The largest absolute Gasteiger partial charge is 0.398 e. The Bertz CT molecular complexity index is 822. The molecule has 108 valence electrons. The molecule has 0 aliphatic rings. The molecule has 0 atom stereocenters. The molecule has 0 aromatic heterocycles. The molecule has 2 aromatic rings. The minimum Gasteiger partial charge on any atom is -0.398 e. The molecule has 0 bridgehead atoms. The van der Waals surface area contributed by atoms with Gasteiger partial charge < -0.3 is 5.73 Å². The Morgan fingerprint density at radius 2 is 2.00 bits per heavy atom. The lowest BCUT2D eigenvalue weighted by Gasteiger charge is -2.13. The number of benzene rings is 2. The molecule has 0 saturated heterocycles. The van der Waals surface area contributed by atoms with Crippen molar-refractivity contribution in [2.45, 2.75) is 11.8 Å². The lowest BCUT2D eigenvalue weighted by Crippen LogP contribution is -2.17. The highest BCUT2D eigenvalue weighted by molar-refractivity contribution is 7.93. The SMILES string of the molecule is Cc1cccc(N)c1S(=O)(=O)Nc1cc(Cl)ccc1C#N. The molecule has 0 heterocycles. The van der Waals surface area contributed by atoms with E-state index in [1.165, 1.54) is 24.3 Å². The van der Waals surface area contributed by atoms with Gasteiger partial charge in [-0.3, -0.25) is 4.72 Å². The average molecular weight is 322 g/mol. The van der Waals surface area contributed by atoms with Crippen LogP contribution in [0.1, 0.15) is 11.1 Å². The van der Waals surface area contributed by atoms with Gasteiger partial charge in [0.25, 0.3) is 10.0 Å². The molecule has 5 nitrogen and oxygen atoms in total. The number of nitrogens with zero attached hydrogens (tertiary/aromatic N) is 1. The number of anilines is 2. The molecule has 0 aliphatic carbocycles. The van der Waals surface area contributed by atoms with E-state index in [0.29, 0.717) is 10.6 Å². The van der Waals surface area contributed by atoms with Gasteiger partial charge in [0.15, 0.2) is 0 Å². The zero-order valence-corrected chi connectivity index (χ0v) is 12.7. The van der Waals surface area contributed by atoms with E-state index in [1.54, 1.807) is 19.1 Å². The first-order chi connectivity index (χ1) is 9.85. The van der Waals surface area contributed by atoms with Gasteiger partial charge in [-0.15, -0.1) is 0 Å². The van der Waals surface area contributed by atoms with Crippen LogP contribution >= 0.6 is 11.6 Å². The normalized spacial score (nSPS) is 10.9. The van der Waals surface area contributed by atoms with Crippen molar-refractivity contribution >= 4 is 33.0 Å². The molecular formula is C14H12ClN3O2S. The molecular weight excluding hydrogens is 310 g/mol. The summed E-state index contributed by atoms with van der Waals surface area (Å²) < 4.78 is 27.3. The number of nitrogens with one attached hydrogen (secondary N) is 1. The first-order valence-corrected chi connectivity index (χ1v) is 7.79. The number of nitriles is 1. The second-order valence-electron chi connectivity index (χ2n) is 4.40. The van der Waals surface area contributed by atoms with E-state index in [0.717, 1.165) is 0 Å². The maximum absolute atomic E-state index is 12.5. The molecule has 3 N–H and O–H groups in total. The van der Waals surface area contributed by atoms with Crippen LogP contribution in [0.15, 0.2) is 41.3 Å². The summed E-state index contributed by atoms with van der Waals surface area (Å²) in [5, 5.41) is 9.36. The topological polar surface area (TPSA) is 96.0 Å². The fourth-order valence-electron chi connectivity index (χ4n) is 1.94. The molecule has 0 amide bonds. The fourth-order valence-corrected chi connectivity index (χ4v) is 3.54.